The Balaban J connectivity index is 2.39. The van der Waals surface area contributed by atoms with Crippen LogP contribution in [0.4, 0.5) is 10.1 Å². The predicted molar refractivity (Wildman–Crippen MR) is 76.1 cm³/mol. The second-order valence-corrected chi connectivity index (χ2v) is 6.46. The van der Waals surface area contributed by atoms with E-state index in [9.17, 15) is 12.8 Å². The molecular weight excluding hydrogens is 347 g/mol. The number of anilines is 1. The van der Waals surface area contributed by atoms with E-state index in [1.807, 2.05) is 6.07 Å². The lowest BCUT2D eigenvalue weighted by molar-refractivity contribution is 0.599. The highest BCUT2D eigenvalue weighted by Crippen LogP contribution is 2.23. The highest BCUT2D eigenvalue weighted by Gasteiger charge is 2.16. The molecule has 0 radical (unpaired) electrons. The van der Waals surface area contributed by atoms with Gasteiger partial charge in [0.2, 0.25) is 0 Å². The maximum absolute atomic E-state index is 12.8. The fourth-order valence-electron chi connectivity index (χ4n) is 1.52. The van der Waals surface area contributed by atoms with Crippen molar-refractivity contribution in [1.82, 2.24) is 0 Å². The molecule has 20 heavy (non-hydrogen) atoms. The zero-order valence-corrected chi connectivity index (χ0v) is 12.4. The summed E-state index contributed by atoms with van der Waals surface area (Å²) in [5.74, 6) is -0.523. The largest absolute Gasteiger partial charge is 0.278 e. The van der Waals surface area contributed by atoms with E-state index in [0.717, 1.165) is 24.3 Å². The molecule has 1 N–H and O–H groups in total. The van der Waals surface area contributed by atoms with Gasteiger partial charge in [0.05, 0.1) is 16.1 Å². The number of nitriles is 1. The number of sulfonamides is 1. The van der Waals surface area contributed by atoms with Crippen molar-refractivity contribution in [2.24, 2.45) is 0 Å². The smallest absolute Gasteiger partial charge is 0.261 e. The molecule has 4 nitrogen and oxygen atoms in total. The Hall–Kier alpha value is -1.91. The number of benzene rings is 2. The van der Waals surface area contributed by atoms with Crippen LogP contribution in [0.3, 0.4) is 0 Å². The van der Waals surface area contributed by atoms with Gasteiger partial charge in [-0.25, -0.2) is 12.8 Å². The van der Waals surface area contributed by atoms with E-state index in [-0.39, 0.29) is 16.1 Å². The van der Waals surface area contributed by atoms with Crippen LogP contribution in [0.5, 0.6) is 0 Å². The van der Waals surface area contributed by atoms with Gasteiger partial charge in [0.1, 0.15) is 11.9 Å². The first-order chi connectivity index (χ1) is 9.42. The fraction of sp³-hybridized carbons (Fsp3) is 0. The van der Waals surface area contributed by atoms with Gasteiger partial charge in [0, 0.05) is 4.47 Å². The molecule has 2 aromatic rings. The summed E-state index contributed by atoms with van der Waals surface area (Å²) in [6.45, 7) is 0. The summed E-state index contributed by atoms with van der Waals surface area (Å²) in [6, 6.07) is 10.9. The highest BCUT2D eigenvalue weighted by molar-refractivity contribution is 9.10. The van der Waals surface area contributed by atoms with E-state index in [1.165, 1.54) is 12.1 Å². The molecule has 0 unspecified atom stereocenters. The molecule has 0 aromatic heterocycles. The first-order valence-corrected chi connectivity index (χ1v) is 7.68. The van der Waals surface area contributed by atoms with Crippen LogP contribution in [0, 0.1) is 17.1 Å². The Kier molecular flexibility index (Phi) is 4.06. The lowest BCUT2D eigenvalue weighted by atomic mass is 10.2. The molecule has 0 heterocycles. The average molecular weight is 355 g/mol. The molecule has 0 spiro atoms. The van der Waals surface area contributed by atoms with Gasteiger partial charge in [-0.2, -0.15) is 5.26 Å². The number of hydrogen-bond donors (Lipinski definition) is 1. The molecular formula is C13H8BrFN2O2S. The van der Waals surface area contributed by atoms with E-state index in [2.05, 4.69) is 20.7 Å². The lowest BCUT2D eigenvalue weighted by Gasteiger charge is -2.09. The van der Waals surface area contributed by atoms with E-state index >= 15 is 0 Å². The maximum Gasteiger partial charge on any atom is 0.261 e. The van der Waals surface area contributed by atoms with Crippen molar-refractivity contribution in [2.45, 2.75) is 4.90 Å². The van der Waals surface area contributed by atoms with Gasteiger partial charge in [-0.05, 0) is 42.5 Å². The van der Waals surface area contributed by atoms with Crippen LogP contribution in [-0.4, -0.2) is 8.42 Å². The minimum absolute atomic E-state index is 0.0780. The average Bonchev–Trinajstić information content (AvgIpc) is 2.41. The number of hydrogen-bond acceptors (Lipinski definition) is 3. The molecule has 0 aliphatic rings. The fourth-order valence-corrected chi connectivity index (χ4v) is 2.96. The summed E-state index contributed by atoms with van der Waals surface area (Å²) in [5.41, 5.74) is 0.352. The van der Waals surface area contributed by atoms with Crippen molar-refractivity contribution in [3.05, 3.63) is 58.3 Å². The zero-order valence-electron chi connectivity index (χ0n) is 9.97. The number of rotatable bonds is 3. The zero-order chi connectivity index (χ0) is 14.8. The van der Waals surface area contributed by atoms with Crippen molar-refractivity contribution in [3.63, 3.8) is 0 Å². The van der Waals surface area contributed by atoms with Crippen molar-refractivity contribution in [1.29, 1.82) is 5.26 Å². The van der Waals surface area contributed by atoms with Crippen LogP contribution in [0.25, 0.3) is 0 Å². The standard InChI is InChI=1S/C13H8BrFN2O2S/c14-10-1-6-13(9(7-10)8-16)17-20(18,19)12-4-2-11(15)3-5-12/h1-7,17H. The highest BCUT2D eigenvalue weighted by atomic mass is 79.9. The SMILES string of the molecule is N#Cc1cc(Br)ccc1NS(=O)(=O)c1ccc(F)cc1. The summed E-state index contributed by atoms with van der Waals surface area (Å²) in [4.78, 5) is -0.0780. The van der Waals surface area contributed by atoms with Crippen LogP contribution in [-0.2, 0) is 10.0 Å². The van der Waals surface area contributed by atoms with Gasteiger partial charge in [0.15, 0.2) is 0 Å². The summed E-state index contributed by atoms with van der Waals surface area (Å²) >= 11 is 3.20. The van der Waals surface area contributed by atoms with Gasteiger partial charge in [-0.15, -0.1) is 0 Å². The maximum atomic E-state index is 12.8. The van der Waals surface area contributed by atoms with E-state index in [0.29, 0.717) is 4.47 Å². The molecule has 0 fully saturated rings. The normalized spacial score (nSPS) is 10.8. The minimum atomic E-state index is -3.86. The van der Waals surface area contributed by atoms with E-state index < -0.39 is 15.8 Å². The first kappa shape index (κ1) is 14.5. The summed E-state index contributed by atoms with van der Waals surface area (Å²) in [5, 5.41) is 8.99. The van der Waals surface area contributed by atoms with Crippen molar-refractivity contribution in [2.75, 3.05) is 4.72 Å². The van der Waals surface area contributed by atoms with Gasteiger partial charge in [-0.3, -0.25) is 4.72 Å². The third-order valence-electron chi connectivity index (χ3n) is 2.47. The van der Waals surface area contributed by atoms with Crippen molar-refractivity contribution >= 4 is 31.6 Å². The topological polar surface area (TPSA) is 70.0 Å². The van der Waals surface area contributed by atoms with Crippen molar-refractivity contribution in [3.8, 4) is 6.07 Å². The Morgan fingerprint density at radius 2 is 1.80 bits per heavy atom. The molecule has 0 amide bonds. The number of nitrogens with zero attached hydrogens (tertiary/aromatic N) is 1. The van der Waals surface area contributed by atoms with Gasteiger partial charge >= 0.3 is 0 Å². The Morgan fingerprint density at radius 1 is 1.15 bits per heavy atom. The van der Waals surface area contributed by atoms with Crippen LogP contribution >= 0.6 is 15.9 Å². The monoisotopic (exact) mass is 354 g/mol. The van der Waals surface area contributed by atoms with E-state index in [4.69, 9.17) is 5.26 Å². The molecule has 2 aromatic carbocycles. The quantitative estimate of drug-likeness (QED) is 0.919. The lowest BCUT2D eigenvalue weighted by Crippen LogP contribution is -2.13. The molecule has 0 saturated heterocycles. The summed E-state index contributed by atoms with van der Waals surface area (Å²) < 4.78 is 40.0. The number of halogens is 2. The van der Waals surface area contributed by atoms with Gasteiger partial charge in [-0.1, -0.05) is 15.9 Å². The Bertz CT molecular complexity index is 783. The molecule has 0 atom stereocenters. The molecule has 102 valence electrons. The molecule has 7 heteroatoms. The second-order valence-electron chi connectivity index (χ2n) is 3.86. The molecule has 0 saturated carbocycles. The minimum Gasteiger partial charge on any atom is -0.278 e. The summed E-state index contributed by atoms with van der Waals surface area (Å²) in [6.07, 6.45) is 0. The van der Waals surface area contributed by atoms with Gasteiger partial charge < -0.3 is 0 Å². The molecule has 0 bridgehead atoms. The first-order valence-electron chi connectivity index (χ1n) is 5.40. The second kappa shape index (κ2) is 5.61. The molecule has 0 aliphatic heterocycles. The third kappa shape index (κ3) is 3.15. The van der Waals surface area contributed by atoms with Crippen molar-refractivity contribution < 1.29 is 12.8 Å². The van der Waals surface area contributed by atoms with Crippen LogP contribution < -0.4 is 4.72 Å². The third-order valence-corrected chi connectivity index (χ3v) is 4.34. The van der Waals surface area contributed by atoms with E-state index in [1.54, 1.807) is 6.07 Å². The molecule has 0 aliphatic carbocycles. The van der Waals surface area contributed by atoms with Gasteiger partial charge in [0.25, 0.3) is 10.0 Å². The van der Waals surface area contributed by atoms with Crippen LogP contribution in [0.15, 0.2) is 51.8 Å². The van der Waals surface area contributed by atoms with Crippen LogP contribution in [0.2, 0.25) is 0 Å². The number of nitrogens with one attached hydrogen (secondary N) is 1. The predicted octanol–water partition coefficient (Wildman–Crippen LogP) is 3.26. The van der Waals surface area contributed by atoms with Crippen LogP contribution in [0.1, 0.15) is 5.56 Å². The summed E-state index contributed by atoms with van der Waals surface area (Å²) in [7, 11) is -3.86. The molecule has 2 rings (SSSR count). The Labute approximate surface area is 124 Å². The Morgan fingerprint density at radius 3 is 2.40 bits per heavy atom.